The number of hydrogen-bond donors (Lipinski definition) is 2. The second kappa shape index (κ2) is 6.60. The number of aromatic nitrogens is 3. The maximum atomic E-state index is 12.6. The van der Waals surface area contributed by atoms with Crippen LogP contribution in [-0.2, 0) is 6.54 Å². The second-order valence-corrected chi connectivity index (χ2v) is 6.75. The minimum Gasteiger partial charge on any atom is -0.476 e. The predicted octanol–water partition coefficient (Wildman–Crippen LogP) is 2.74. The van der Waals surface area contributed by atoms with Crippen LogP contribution in [0.2, 0.25) is 0 Å². The lowest BCUT2D eigenvalue weighted by Gasteiger charge is -2.09. The van der Waals surface area contributed by atoms with E-state index in [0.29, 0.717) is 27.4 Å². The topological polar surface area (TPSA) is 118 Å². The summed E-state index contributed by atoms with van der Waals surface area (Å²) in [5, 5.41) is 18.1. The Balaban J connectivity index is 1.87. The van der Waals surface area contributed by atoms with Crippen LogP contribution in [-0.4, -0.2) is 32.1 Å². The summed E-state index contributed by atoms with van der Waals surface area (Å²) in [4.78, 5) is 31.9. The van der Waals surface area contributed by atoms with Gasteiger partial charge in [-0.1, -0.05) is 19.0 Å². The number of pyridine rings is 1. The third-order valence-corrected chi connectivity index (χ3v) is 4.49. The van der Waals surface area contributed by atoms with Crippen LogP contribution in [0.25, 0.3) is 11.1 Å². The van der Waals surface area contributed by atoms with E-state index in [4.69, 9.17) is 9.63 Å². The molecule has 3 heterocycles. The van der Waals surface area contributed by atoms with E-state index in [1.807, 2.05) is 13.8 Å². The van der Waals surface area contributed by atoms with Crippen molar-refractivity contribution in [3.05, 3.63) is 39.1 Å². The van der Waals surface area contributed by atoms with Crippen LogP contribution in [0.15, 0.2) is 16.0 Å². The number of nitrogens with zero attached hydrogens (tertiary/aromatic N) is 3. The summed E-state index contributed by atoms with van der Waals surface area (Å²) < 4.78 is 5.21. The monoisotopic (exact) mass is 360 g/mol. The first-order valence-corrected chi connectivity index (χ1v) is 8.47. The molecule has 0 spiro atoms. The van der Waals surface area contributed by atoms with Gasteiger partial charge in [-0.15, -0.1) is 11.3 Å². The standard InChI is InChI=1S/C16H16N4O4S/c1-7(2)10-4-9(13-8(3)20-24-15(13)19-10)14(21)17-5-12-18-11(6-25-12)16(22)23/h4,6-7H,5H2,1-3H3,(H,17,21)(H,22,23). The number of rotatable bonds is 5. The summed E-state index contributed by atoms with van der Waals surface area (Å²) in [6.45, 7) is 5.84. The molecule has 0 bridgehead atoms. The first-order valence-electron chi connectivity index (χ1n) is 7.59. The smallest absolute Gasteiger partial charge is 0.355 e. The second-order valence-electron chi connectivity index (χ2n) is 5.81. The maximum absolute atomic E-state index is 12.6. The number of fused-ring (bicyclic) bond motifs is 1. The number of carboxylic acid groups (broad SMARTS) is 1. The highest BCUT2D eigenvalue weighted by Gasteiger charge is 2.20. The zero-order valence-corrected chi connectivity index (χ0v) is 14.7. The fourth-order valence-corrected chi connectivity index (χ4v) is 3.04. The van der Waals surface area contributed by atoms with Crippen molar-refractivity contribution in [3.8, 4) is 0 Å². The number of amides is 1. The van der Waals surface area contributed by atoms with Crippen molar-refractivity contribution < 1.29 is 19.2 Å². The molecule has 1 amide bonds. The molecule has 0 aliphatic heterocycles. The summed E-state index contributed by atoms with van der Waals surface area (Å²) in [5.74, 6) is -1.28. The van der Waals surface area contributed by atoms with Crippen LogP contribution in [0.5, 0.6) is 0 Å². The highest BCUT2D eigenvalue weighted by Crippen LogP contribution is 2.25. The molecule has 0 saturated heterocycles. The number of aryl methyl sites for hydroxylation is 1. The summed E-state index contributed by atoms with van der Waals surface area (Å²) in [7, 11) is 0. The molecule has 2 N–H and O–H groups in total. The number of carboxylic acids is 1. The van der Waals surface area contributed by atoms with Gasteiger partial charge in [0.25, 0.3) is 11.6 Å². The van der Waals surface area contributed by atoms with Crippen LogP contribution in [0.1, 0.15) is 57.0 Å². The van der Waals surface area contributed by atoms with Crippen molar-refractivity contribution in [2.24, 2.45) is 0 Å². The van der Waals surface area contributed by atoms with Gasteiger partial charge in [-0.25, -0.2) is 14.8 Å². The minimum atomic E-state index is -1.09. The van der Waals surface area contributed by atoms with Gasteiger partial charge >= 0.3 is 5.97 Å². The number of aromatic carboxylic acids is 1. The summed E-state index contributed by atoms with van der Waals surface area (Å²) in [6, 6.07) is 1.73. The van der Waals surface area contributed by atoms with Crippen LogP contribution in [0.4, 0.5) is 0 Å². The van der Waals surface area contributed by atoms with Crippen molar-refractivity contribution in [2.45, 2.75) is 33.2 Å². The van der Waals surface area contributed by atoms with E-state index < -0.39 is 5.97 Å². The van der Waals surface area contributed by atoms with Crippen LogP contribution in [0, 0.1) is 6.92 Å². The quantitative estimate of drug-likeness (QED) is 0.718. The third-order valence-electron chi connectivity index (χ3n) is 3.64. The fraction of sp³-hybridized carbons (Fsp3) is 0.312. The Hall–Kier alpha value is -2.81. The number of carbonyl (C=O) groups is 2. The molecule has 9 heteroatoms. The summed E-state index contributed by atoms with van der Waals surface area (Å²) in [5.41, 5.74) is 2.05. The Labute approximate surface area is 146 Å². The van der Waals surface area contributed by atoms with Gasteiger partial charge in [0, 0.05) is 11.1 Å². The number of hydrogen-bond acceptors (Lipinski definition) is 7. The molecule has 0 atom stereocenters. The lowest BCUT2D eigenvalue weighted by molar-refractivity contribution is 0.0691. The summed E-state index contributed by atoms with van der Waals surface area (Å²) >= 11 is 1.18. The van der Waals surface area contributed by atoms with Gasteiger partial charge in [0.05, 0.1) is 23.2 Å². The van der Waals surface area contributed by atoms with Gasteiger partial charge in [0.2, 0.25) is 0 Å². The van der Waals surface area contributed by atoms with Crippen LogP contribution in [0.3, 0.4) is 0 Å². The molecule has 3 aromatic rings. The molecule has 0 saturated carbocycles. The number of nitrogens with one attached hydrogen (secondary N) is 1. The SMILES string of the molecule is Cc1noc2nc(C(C)C)cc(C(=O)NCc3nc(C(=O)O)cs3)c12. The number of thiazole rings is 1. The Bertz CT molecular complexity index is 960. The molecule has 0 fully saturated rings. The Kier molecular flexibility index (Phi) is 4.49. The Morgan fingerprint density at radius 2 is 2.12 bits per heavy atom. The predicted molar refractivity (Wildman–Crippen MR) is 90.9 cm³/mol. The molecule has 0 aromatic carbocycles. The molecule has 0 radical (unpaired) electrons. The zero-order valence-electron chi connectivity index (χ0n) is 13.9. The van der Waals surface area contributed by atoms with E-state index in [2.05, 4.69) is 20.4 Å². The lowest BCUT2D eigenvalue weighted by Crippen LogP contribution is -2.23. The van der Waals surface area contributed by atoms with Crippen molar-refractivity contribution >= 4 is 34.3 Å². The van der Waals surface area contributed by atoms with Crippen LogP contribution < -0.4 is 5.32 Å². The number of carbonyl (C=O) groups excluding carboxylic acids is 1. The van der Waals surface area contributed by atoms with Gasteiger partial charge in [-0.05, 0) is 18.9 Å². The largest absolute Gasteiger partial charge is 0.476 e. The third kappa shape index (κ3) is 3.36. The zero-order chi connectivity index (χ0) is 18.1. The average molecular weight is 360 g/mol. The molecular weight excluding hydrogens is 344 g/mol. The molecule has 0 aliphatic carbocycles. The molecule has 3 rings (SSSR count). The van der Waals surface area contributed by atoms with Gasteiger partial charge in [-0.2, -0.15) is 0 Å². The van der Waals surface area contributed by atoms with Gasteiger partial charge in [0.15, 0.2) is 5.69 Å². The van der Waals surface area contributed by atoms with E-state index >= 15 is 0 Å². The van der Waals surface area contributed by atoms with E-state index in [-0.39, 0.29) is 24.1 Å². The Morgan fingerprint density at radius 1 is 1.36 bits per heavy atom. The molecule has 3 aromatic heterocycles. The van der Waals surface area contributed by atoms with E-state index in [1.165, 1.54) is 16.7 Å². The van der Waals surface area contributed by atoms with Gasteiger partial charge < -0.3 is 14.9 Å². The van der Waals surface area contributed by atoms with Crippen molar-refractivity contribution in [1.29, 1.82) is 0 Å². The summed E-state index contributed by atoms with van der Waals surface area (Å²) in [6.07, 6.45) is 0. The lowest BCUT2D eigenvalue weighted by atomic mass is 10.0. The van der Waals surface area contributed by atoms with Crippen molar-refractivity contribution in [1.82, 2.24) is 20.4 Å². The highest BCUT2D eigenvalue weighted by atomic mass is 32.1. The molecule has 25 heavy (non-hydrogen) atoms. The van der Waals surface area contributed by atoms with E-state index in [9.17, 15) is 9.59 Å². The van der Waals surface area contributed by atoms with Crippen molar-refractivity contribution in [2.75, 3.05) is 0 Å². The van der Waals surface area contributed by atoms with Gasteiger partial charge in [-0.3, -0.25) is 4.79 Å². The maximum Gasteiger partial charge on any atom is 0.355 e. The first-order chi connectivity index (χ1) is 11.9. The molecule has 0 unspecified atom stereocenters. The Morgan fingerprint density at radius 3 is 2.76 bits per heavy atom. The van der Waals surface area contributed by atoms with E-state index in [0.717, 1.165) is 5.69 Å². The normalized spacial score (nSPS) is 11.2. The minimum absolute atomic E-state index is 0.0301. The molecule has 8 nitrogen and oxygen atoms in total. The fourth-order valence-electron chi connectivity index (χ4n) is 2.33. The molecular formula is C16H16N4O4S. The first kappa shape index (κ1) is 17.0. The van der Waals surface area contributed by atoms with Crippen LogP contribution >= 0.6 is 11.3 Å². The highest BCUT2D eigenvalue weighted by molar-refractivity contribution is 7.09. The molecule has 130 valence electrons. The van der Waals surface area contributed by atoms with Gasteiger partial charge in [0.1, 0.15) is 5.01 Å². The molecule has 0 aliphatic rings. The van der Waals surface area contributed by atoms with E-state index in [1.54, 1.807) is 13.0 Å². The van der Waals surface area contributed by atoms with Crippen molar-refractivity contribution in [3.63, 3.8) is 0 Å². The average Bonchev–Trinajstić information content (AvgIpc) is 3.19.